The summed E-state index contributed by atoms with van der Waals surface area (Å²) in [5, 5.41) is 18.2. The van der Waals surface area contributed by atoms with Gasteiger partial charge in [0, 0.05) is 37.0 Å². The molecule has 0 unspecified atom stereocenters. The Bertz CT molecular complexity index is 1580. The number of carbonyl (C=O) groups is 3. The van der Waals surface area contributed by atoms with Gasteiger partial charge in [-0.1, -0.05) is 24.3 Å². The summed E-state index contributed by atoms with van der Waals surface area (Å²) in [4.78, 5) is 39.5. The van der Waals surface area contributed by atoms with Crippen molar-refractivity contribution in [2.75, 3.05) is 23.5 Å². The van der Waals surface area contributed by atoms with Crippen LogP contribution in [0.15, 0.2) is 108 Å². The number of hydrogen-bond acceptors (Lipinski definition) is 6. The van der Waals surface area contributed by atoms with Gasteiger partial charge in [0.2, 0.25) is 5.91 Å². The summed E-state index contributed by atoms with van der Waals surface area (Å²) >= 11 is 3.53. The summed E-state index contributed by atoms with van der Waals surface area (Å²) in [6, 6.07) is 27.6. The molecule has 0 aliphatic rings. The van der Waals surface area contributed by atoms with Crippen molar-refractivity contribution in [1.82, 2.24) is 5.32 Å². The first kappa shape index (κ1) is 29.7. The SMILES string of the molecule is COc1cc(O)ccc1/C=C(/NC(=O)c1ccccc1)C(=O)Nc1cccc(SCC(=O)Nc2ccc(I)cc2)c1. The van der Waals surface area contributed by atoms with Gasteiger partial charge in [0.05, 0.1) is 12.9 Å². The summed E-state index contributed by atoms with van der Waals surface area (Å²) in [6.45, 7) is 0. The quantitative estimate of drug-likeness (QED) is 0.0909. The fourth-order valence-electron chi connectivity index (χ4n) is 3.66. The van der Waals surface area contributed by atoms with Crippen molar-refractivity contribution >= 4 is 69.5 Å². The van der Waals surface area contributed by atoms with Crippen LogP contribution in [-0.2, 0) is 9.59 Å². The van der Waals surface area contributed by atoms with Crippen LogP contribution in [0.2, 0.25) is 0 Å². The second-order valence-electron chi connectivity index (χ2n) is 8.63. The minimum atomic E-state index is -0.567. The molecule has 4 N–H and O–H groups in total. The van der Waals surface area contributed by atoms with Crippen LogP contribution in [0.5, 0.6) is 11.5 Å². The minimum absolute atomic E-state index is 0.000129. The summed E-state index contributed by atoms with van der Waals surface area (Å²) in [6.07, 6.45) is 1.47. The number of thioether (sulfide) groups is 1. The van der Waals surface area contributed by atoms with Crippen LogP contribution >= 0.6 is 34.4 Å². The summed E-state index contributed by atoms with van der Waals surface area (Å²) < 4.78 is 6.41. The Kier molecular flexibility index (Phi) is 10.4. The standard InChI is InChI=1S/C31H26IN3O5S/c1-40-28-18-25(36)15-10-21(28)16-27(35-30(38)20-6-3-2-4-7-20)31(39)34-24-8-5-9-26(17-24)41-19-29(37)33-23-13-11-22(32)12-14-23/h2-18,36H,19H2,1H3,(H,33,37)(H,34,39)(H,35,38)/b27-16+. The van der Waals surface area contributed by atoms with Crippen molar-refractivity contribution in [1.29, 1.82) is 0 Å². The van der Waals surface area contributed by atoms with Gasteiger partial charge in [-0.3, -0.25) is 14.4 Å². The van der Waals surface area contributed by atoms with Crippen LogP contribution < -0.4 is 20.7 Å². The Morgan fingerprint density at radius 3 is 2.37 bits per heavy atom. The van der Waals surface area contributed by atoms with Crippen LogP contribution in [-0.4, -0.2) is 35.7 Å². The predicted octanol–water partition coefficient (Wildman–Crippen LogP) is 6.15. The lowest BCUT2D eigenvalue weighted by molar-refractivity contribution is -0.114. The Hall–Kier alpha value is -4.29. The highest BCUT2D eigenvalue weighted by atomic mass is 127. The Morgan fingerprint density at radius 2 is 1.63 bits per heavy atom. The molecule has 0 fully saturated rings. The molecule has 4 rings (SSSR count). The van der Waals surface area contributed by atoms with E-state index in [2.05, 4.69) is 38.5 Å². The van der Waals surface area contributed by atoms with Gasteiger partial charge >= 0.3 is 0 Å². The first-order valence-electron chi connectivity index (χ1n) is 12.4. The molecule has 0 aliphatic carbocycles. The summed E-state index contributed by atoms with van der Waals surface area (Å²) in [5.74, 6) is -0.674. The maximum Gasteiger partial charge on any atom is 0.272 e. The fraction of sp³-hybridized carbons (Fsp3) is 0.0645. The molecule has 3 amide bonds. The number of hydrogen-bond donors (Lipinski definition) is 4. The number of carbonyl (C=O) groups excluding carboxylic acids is 3. The van der Waals surface area contributed by atoms with E-state index in [-0.39, 0.29) is 23.1 Å². The van der Waals surface area contributed by atoms with Gasteiger partial charge in [-0.25, -0.2) is 0 Å². The molecule has 4 aromatic rings. The molecule has 0 aromatic heterocycles. The number of benzene rings is 4. The van der Waals surface area contributed by atoms with E-state index >= 15 is 0 Å². The number of anilines is 2. The summed E-state index contributed by atoms with van der Waals surface area (Å²) in [7, 11) is 1.44. The third kappa shape index (κ3) is 8.85. The lowest BCUT2D eigenvalue weighted by Gasteiger charge is -2.13. The van der Waals surface area contributed by atoms with Crippen LogP contribution in [0.3, 0.4) is 0 Å². The minimum Gasteiger partial charge on any atom is -0.508 e. The topological polar surface area (TPSA) is 117 Å². The Labute approximate surface area is 255 Å². The van der Waals surface area contributed by atoms with Crippen molar-refractivity contribution < 1.29 is 24.2 Å². The van der Waals surface area contributed by atoms with E-state index in [1.165, 1.54) is 37.1 Å². The highest BCUT2D eigenvalue weighted by Gasteiger charge is 2.17. The van der Waals surface area contributed by atoms with Gasteiger partial charge in [0.25, 0.3) is 11.8 Å². The average molecular weight is 680 g/mol. The molecular weight excluding hydrogens is 653 g/mol. The number of rotatable bonds is 10. The molecule has 0 saturated carbocycles. The second-order valence-corrected chi connectivity index (χ2v) is 10.9. The number of halogens is 1. The van der Waals surface area contributed by atoms with Gasteiger partial charge in [-0.05, 0) is 95.4 Å². The maximum absolute atomic E-state index is 13.4. The molecule has 0 heterocycles. The molecule has 4 aromatic carbocycles. The average Bonchev–Trinajstić information content (AvgIpc) is 2.98. The zero-order chi connectivity index (χ0) is 29.2. The van der Waals surface area contributed by atoms with Gasteiger partial charge < -0.3 is 25.8 Å². The molecule has 0 saturated heterocycles. The van der Waals surface area contributed by atoms with Crippen molar-refractivity contribution in [2.45, 2.75) is 4.90 Å². The molecule has 8 nitrogen and oxygen atoms in total. The fourth-order valence-corrected chi connectivity index (χ4v) is 4.77. The number of phenolic OH excluding ortho intramolecular Hbond substituents is 1. The first-order chi connectivity index (χ1) is 19.8. The zero-order valence-corrected chi connectivity index (χ0v) is 24.9. The van der Waals surface area contributed by atoms with Crippen molar-refractivity contribution in [2.24, 2.45) is 0 Å². The molecule has 0 aliphatic heterocycles. The number of nitrogens with one attached hydrogen (secondary N) is 3. The van der Waals surface area contributed by atoms with Crippen molar-refractivity contribution in [3.05, 3.63) is 117 Å². The molecule has 0 spiro atoms. The monoisotopic (exact) mass is 679 g/mol. The molecule has 0 atom stereocenters. The molecule has 0 radical (unpaired) electrons. The van der Waals surface area contributed by atoms with E-state index in [0.717, 1.165) is 14.2 Å². The van der Waals surface area contributed by atoms with Crippen LogP contribution in [0, 0.1) is 3.57 Å². The first-order valence-corrected chi connectivity index (χ1v) is 14.4. The van der Waals surface area contributed by atoms with E-state index in [1.54, 1.807) is 54.6 Å². The van der Waals surface area contributed by atoms with Gasteiger partial charge in [0.15, 0.2) is 0 Å². The molecule has 41 heavy (non-hydrogen) atoms. The molecule has 208 valence electrons. The lowest BCUT2D eigenvalue weighted by Crippen LogP contribution is -2.30. The number of phenols is 1. The van der Waals surface area contributed by atoms with Crippen LogP contribution in [0.4, 0.5) is 11.4 Å². The van der Waals surface area contributed by atoms with Crippen molar-refractivity contribution in [3.63, 3.8) is 0 Å². The summed E-state index contributed by atoms with van der Waals surface area (Å²) in [5.41, 5.74) is 2.03. The normalized spacial score (nSPS) is 10.9. The number of methoxy groups -OCH3 is 1. The number of ether oxygens (including phenoxy) is 1. The van der Waals surface area contributed by atoms with Crippen LogP contribution in [0.1, 0.15) is 15.9 Å². The van der Waals surface area contributed by atoms with Gasteiger partial charge in [-0.15, -0.1) is 11.8 Å². The Morgan fingerprint density at radius 1 is 0.878 bits per heavy atom. The molecule has 10 heteroatoms. The number of amides is 3. The smallest absolute Gasteiger partial charge is 0.272 e. The highest BCUT2D eigenvalue weighted by molar-refractivity contribution is 14.1. The van der Waals surface area contributed by atoms with E-state index in [9.17, 15) is 19.5 Å². The lowest BCUT2D eigenvalue weighted by atomic mass is 10.1. The maximum atomic E-state index is 13.4. The van der Waals surface area contributed by atoms with E-state index in [0.29, 0.717) is 22.6 Å². The zero-order valence-electron chi connectivity index (χ0n) is 21.9. The van der Waals surface area contributed by atoms with E-state index in [4.69, 9.17) is 4.74 Å². The predicted molar refractivity (Wildman–Crippen MR) is 170 cm³/mol. The Balaban J connectivity index is 1.49. The highest BCUT2D eigenvalue weighted by Crippen LogP contribution is 2.27. The third-order valence-electron chi connectivity index (χ3n) is 5.64. The number of aromatic hydroxyl groups is 1. The second kappa shape index (κ2) is 14.4. The van der Waals surface area contributed by atoms with Crippen LogP contribution in [0.25, 0.3) is 6.08 Å². The third-order valence-corrected chi connectivity index (χ3v) is 7.35. The molecule has 0 bridgehead atoms. The van der Waals surface area contributed by atoms with E-state index < -0.39 is 11.8 Å². The van der Waals surface area contributed by atoms with Gasteiger partial charge in [-0.2, -0.15) is 0 Å². The van der Waals surface area contributed by atoms with Crippen molar-refractivity contribution in [3.8, 4) is 11.5 Å². The van der Waals surface area contributed by atoms with E-state index in [1.807, 2.05) is 30.3 Å². The molecular formula is C31H26IN3O5S. The van der Waals surface area contributed by atoms with Gasteiger partial charge in [0.1, 0.15) is 17.2 Å². The largest absolute Gasteiger partial charge is 0.508 e.